The minimum absolute atomic E-state index is 0.0893. The van der Waals surface area contributed by atoms with Crippen molar-refractivity contribution in [2.75, 3.05) is 5.32 Å². The molecule has 0 aliphatic heterocycles. The highest BCUT2D eigenvalue weighted by molar-refractivity contribution is 7.21. The summed E-state index contributed by atoms with van der Waals surface area (Å²) in [6, 6.07) is 20.4. The molecule has 0 amide bonds. The number of aryl methyl sites for hydroxylation is 1. The van der Waals surface area contributed by atoms with Crippen LogP contribution in [-0.4, -0.2) is 9.97 Å². The van der Waals surface area contributed by atoms with Crippen LogP contribution in [0, 0.1) is 0 Å². The highest BCUT2D eigenvalue weighted by atomic mass is 32.1. The molecule has 0 unspecified atom stereocenters. The molecule has 2 N–H and O–H groups in total. The number of H-pyrrole nitrogens is 1. The first kappa shape index (κ1) is 17.5. The first-order valence-electron chi connectivity index (χ1n) is 9.14. The van der Waals surface area contributed by atoms with Crippen LogP contribution in [0.3, 0.4) is 0 Å². The average molecular weight is 375 g/mol. The Hall–Kier alpha value is -2.92. The average Bonchev–Trinajstić information content (AvgIpc) is 3.13. The molecule has 27 heavy (non-hydrogen) atoms. The molecular weight excluding hydrogens is 354 g/mol. The molecule has 2 heterocycles. The number of nitrogens with one attached hydrogen (secondary N) is 2. The van der Waals surface area contributed by atoms with Crippen molar-refractivity contribution in [3.8, 4) is 10.4 Å². The molecule has 0 atom stereocenters. The summed E-state index contributed by atoms with van der Waals surface area (Å²) in [6.45, 7) is 2.66. The van der Waals surface area contributed by atoms with Gasteiger partial charge in [-0.05, 0) is 35.7 Å². The fraction of sp³-hybridized carbons (Fsp3) is 0.182. The zero-order chi connectivity index (χ0) is 18.6. The monoisotopic (exact) mass is 375 g/mol. The van der Waals surface area contributed by atoms with Gasteiger partial charge in [-0.15, -0.1) is 11.3 Å². The summed E-state index contributed by atoms with van der Waals surface area (Å²) >= 11 is 1.55. The highest BCUT2D eigenvalue weighted by Crippen LogP contribution is 2.30. The fourth-order valence-corrected chi connectivity index (χ4v) is 4.12. The van der Waals surface area contributed by atoms with Crippen molar-refractivity contribution in [3.05, 3.63) is 82.4 Å². The Labute approximate surface area is 161 Å². The summed E-state index contributed by atoms with van der Waals surface area (Å²) in [5.74, 6) is 0.645. The number of benzene rings is 2. The van der Waals surface area contributed by atoms with E-state index in [4.69, 9.17) is 0 Å². The number of anilines is 1. The molecule has 5 heteroatoms. The molecule has 0 radical (unpaired) electrons. The first-order valence-corrected chi connectivity index (χ1v) is 9.95. The van der Waals surface area contributed by atoms with Crippen LogP contribution in [0.1, 0.15) is 24.7 Å². The summed E-state index contributed by atoms with van der Waals surface area (Å²) in [6.07, 6.45) is 2.23. The maximum absolute atomic E-state index is 12.5. The topological polar surface area (TPSA) is 57.8 Å². The van der Waals surface area contributed by atoms with Gasteiger partial charge in [0.25, 0.3) is 5.56 Å². The SMILES string of the molecule is CCCc1ccc(NCc2nc3sc(-c4ccccc4)cc3c(=O)[nH]2)cc1. The number of fused-ring (bicyclic) bond motifs is 1. The van der Waals surface area contributed by atoms with Crippen molar-refractivity contribution < 1.29 is 0 Å². The molecule has 4 nitrogen and oxygen atoms in total. The van der Waals surface area contributed by atoms with E-state index in [2.05, 4.69) is 46.5 Å². The maximum atomic E-state index is 12.5. The lowest BCUT2D eigenvalue weighted by Gasteiger charge is -2.07. The second-order valence-electron chi connectivity index (χ2n) is 6.51. The molecule has 0 fully saturated rings. The Balaban J connectivity index is 1.55. The Morgan fingerprint density at radius 2 is 1.85 bits per heavy atom. The van der Waals surface area contributed by atoms with Gasteiger partial charge in [0, 0.05) is 10.6 Å². The minimum atomic E-state index is -0.0893. The Bertz CT molecular complexity index is 1100. The van der Waals surface area contributed by atoms with Gasteiger partial charge in [-0.1, -0.05) is 55.8 Å². The Kier molecular flexibility index (Phi) is 5.03. The zero-order valence-corrected chi connectivity index (χ0v) is 16.0. The van der Waals surface area contributed by atoms with E-state index in [1.165, 1.54) is 5.56 Å². The van der Waals surface area contributed by atoms with Crippen LogP contribution in [0.25, 0.3) is 20.7 Å². The van der Waals surface area contributed by atoms with Gasteiger partial charge in [-0.25, -0.2) is 4.98 Å². The van der Waals surface area contributed by atoms with E-state index in [1.807, 2.05) is 36.4 Å². The predicted molar refractivity (Wildman–Crippen MR) is 113 cm³/mol. The number of hydrogen-bond donors (Lipinski definition) is 2. The van der Waals surface area contributed by atoms with Gasteiger partial charge >= 0.3 is 0 Å². The van der Waals surface area contributed by atoms with Crippen LogP contribution in [0.2, 0.25) is 0 Å². The summed E-state index contributed by atoms with van der Waals surface area (Å²) in [5, 5.41) is 3.98. The van der Waals surface area contributed by atoms with Gasteiger partial charge in [-0.3, -0.25) is 4.79 Å². The van der Waals surface area contributed by atoms with E-state index in [1.54, 1.807) is 11.3 Å². The number of aromatic nitrogens is 2. The van der Waals surface area contributed by atoms with Crippen molar-refractivity contribution in [2.24, 2.45) is 0 Å². The van der Waals surface area contributed by atoms with Gasteiger partial charge in [0.1, 0.15) is 10.7 Å². The van der Waals surface area contributed by atoms with Crippen LogP contribution in [0.15, 0.2) is 65.5 Å². The number of thiophene rings is 1. The lowest BCUT2D eigenvalue weighted by atomic mass is 10.1. The van der Waals surface area contributed by atoms with E-state index in [-0.39, 0.29) is 5.56 Å². The van der Waals surface area contributed by atoms with E-state index in [0.29, 0.717) is 17.8 Å². The van der Waals surface area contributed by atoms with E-state index in [9.17, 15) is 4.79 Å². The van der Waals surface area contributed by atoms with Gasteiger partial charge in [-0.2, -0.15) is 0 Å². The van der Waals surface area contributed by atoms with Crippen LogP contribution in [-0.2, 0) is 13.0 Å². The van der Waals surface area contributed by atoms with Crippen LogP contribution in [0.5, 0.6) is 0 Å². The van der Waals surface area contributed by atoms with Crippen molar-refractivity contribution in [2.45, 2.75) is 26.3 Å². The second-order valence-corrected chi connectivity index (χ2v) is 7.54. The second kappa shape index (κ2) is 7.76. The summed E-state index contributed by atoms with van der Waals surface area (Å²) in [7, 11) is 0. The molecule has 0 aliphatic rings. The minimum Gasteiger partial charge on any atom is -0.378 e. The third-order valence-corrected chi connectivity index (χ3v) is 5.54. The maximum Gasteiger partial charge on any atom is 0.259 e. The number of rotatable bonds is 6. The molecule has 2 aromatic heterocycles. The van der Waals surface area contributed by atoms with Crippen LogP contribution in [0.4, 0.5) is 5.69 Å². The lowest BCUT2D eigenvalue weighted by Crippen LogP contribution is -2.13. The molecule has 4 rings (SSSR count). The zero-order valence-electron chi connectivity index (χ0n) is 15.2. The Morgan fingerprint density at radius 3 is 2.59 bits per heavy atom. The van der Waals surface area contributed by atoms with Gasteiger partial charge in [0.2, 0.25) is 0 Å². The third-order valence-electron chi connectivity index (χ3n) is 4.46. The van der Waals surface area contributed by atoms with Crippen molar-refractivity contribution >= 4 is 27.2 Å². The molecule has 4 aromatic rings. The molecular formula is C22H21N3OS. The molecule has 0 saturated heterocycles. The standard InChI is InChI=1S/C22H21N3OS/c1-2-6-15-9-11-17(12-10-15)23-14-20-24-21(26)18-13-19(27-22(18)25-20)16-7-4-3-5-8-16/h3-5,7-13,23H,2,6,14H2,1H3,(H,24,25,26). The third kappa shape index (κ3) is 3.93. The molecule has 2 aromatic carbocycles. The van der Waals surface area contributed by atoms with E-state index in [0.717, 1.165) is 33.8 Å². The molecule has 0 aliphatic carbocycles. The lowest BCUT2D eigenvalue weighted by molar-refractivity contribution is 0.921. The van der Waals surface area contributed by atoms with Crippen molar-refractivity contribution in [1.82, 2.24) is 9.97 Å². The highest BCUT2D eigenvalue weighted by Gasteiger charge is 2.10. The molecule has 0 spiro atoms. The Morgan fingerprint density at radius 1 is 1.07 bits per heavy atom. The number of aromatic amines is 1. The first-order chi connectivity index (χ1) is 13.2. The fourth-order valence-electron chi connectivity index (χ4n) is 3.07. The normalized spacial score (nSPS) is 11.0. The van der Waals surface area contributed by atoms with Gasteiger partial charge in [0.15, 0.2) is 0 Å². The predicted octanol–water partition coefficient (Wildman–Crippen LogP) is 5.22. The van der Waals surface area contributed by atoms with Gasteiger partial charge in [0.05, 0.1) is 11.9 Å². The largest absolute Gasteiger partial charge is 0.378 e. The van der Waals surface area contributed by atoms with Gasteiger partial charge < -0.3 is 10.3 Å². The molecule has 0 saturated carbocycles. The van der Waals surface area contributed by atoms with Crippen LogP contribution >= 0.6 is 11.3 Å². The summed E-state index contributed by atoms with van der Waals surface area (Å²) < 4.78 is 0. The quantitative estimate of drug-likeness (QED) is 0.486. The summed E-state index contributed by atoms with van der Waals surface area (Å²) in [5.41, 5.74) is 3.37. The van der Waals surface area contributed by atoms with E-state index < -0.39 is 0 Å². The van der Waals surface area contributed by atoms with Crippen molar-refractivity contribution in [3.63, 3.8) is 0 Å². The molecule has 136 valence electrons. The molecule has 0 bridgehead atoms. The number of nitrogens with zero attached hydrogens (tertiary/aromatic N) is 1. The number of hydrogen-bond acceptors (Lipinski definition) is 4. The van der Waals surface area contributed by atoms with Crippen LogP contribution < -0.4 is 10.9 Å². The van der Waals surface area contributed by atoms with Crippen molar-refractivity contribution in [1.29, 1.82) is 0 Å². The summed E-state index contributed by atoms with van der Waals surface area (Å²) in [4.78, 5) is 21.8. The van der Waals surface area contributed by atoms with E-state index >= 15 is 0 Å². The smallest absolute Gasteiger partial charge is 0.259 e.